The van der Waals surface area contributed by atoms with Crippen molar-refractivity contribution in [2.45, 2.75) is 32.7 Å². The lowest BCUT2D eigenvalue weighted by Gasteiger charge is -2.09. The Morgan fingerprint density at radius 2 is 2.33 bits per heavy atom. The van der Waals surface area contributed by atoms with Crippen LogP contribution in [0.3, 0.4) is 0 Å². The zero-order valence-electron chi connectivity index (χ0n) is 7.50. The largest absolute Gasteiger partial charge is 0.339 e. The Kier molecular flexibility index (Phi) is 1.56. The van der Waals surface area contributed by atoms with E-state index in [4.69, 9.17) is 0 Å². The maximum Gasteiger partial charge on any atom is 0.176 e. The van der Waals surface area contributed by atoms with Gasteiger partial charge in [-0.25, -0.2) is 0 Å². The fraction of sp³-hybridized carbons (Fsp3) is 0.500. The van der Waals surface area contributed by atoms with Crippen LogP contribution in [0.1, 0.15) is 42.5 Å². The third-order valence-electron chi connectivity index (χ3n) is 2.62. The number of aromatic nitrogens is 1. The highest BCUT2D eigenvalue weighted by molar-refractivity contribution is 5.92. The molecule has 0 aliphatic carbocycles. The predicted octanol–water partition coefficient (Wildman–Crippen LogP) is 2.20. The van der Waals surface area contributed by atoms with Crippen molar-refractivity contribution in [1.29, 1.82) is 0 Å². The lowest BCUT2D eigenvalue weighted by Crippen LogP contribution is -2.07. The minimum absolute atomic E-state index is 0.176. The summed E-state index contributed by atoms with van der Waals surface area (Å²) in [5, 5.41) is 0. The molecule has 0 spiro atoms. The molecule has 0 amide bonds. The molecular formula is C10H13NO. The van der Waals surface area contributed by atoms with Crippen LogP contribution in [0.25, 0.3) is 0 Å². The zero-order chi connectivity index (χ0) is 8.72. The van der Waals surface area contributed by atoms with Crippen LogP contribution in [0.4, 0.5) is 0 Å². The number of hydrogen-bond donors (Lipinski definition) is 0. The molecule has 1 aliphatic heterocycles. The van der Waals surface area contributed by atoms with Gasteiger partial charge in [-0.15, -0.1) is 0 Å². The number of carbonyl (C=O) groups is 1. The molecule has 2 heterocycles. The maximum atomic E-state index is 11.2. The van der Waals surface area contributed by atoms with Crippen LogP contribution in [0, 0.1) is 0 Å². The average Bonchev–Trinajstić information content (AvgIpc) is 2.53. The number of ketones is 1. The number of aryl methyl sites for hydroxylation is 1. The average molecular weight is 163 g/mol. The standard InChI is InChI=1S/C10H13NO/c1-7-3-4-9-5-6-10(8(2)12)11(7)9/h5-7H,3-4H2,1-2H3. The van der Waals surface area contributed by atoms with E-state index >= 15 is 0 Å². The van der Waals surface area contributed by atoms with Crippen molar-refractivity contribution in [3.63, 3.8) is 0 Å². The van der Waals surface area contributed by atoms with Crippen LogP contribution >= 0.6 is 0 Å². The summed E-state index contributed by atoms with van der Waals surface area (Å²) < 4.78 is 2.17. The summed E-state index contributed by atoms with van der Waals surface area (Å²) in [4.78, 5) is 11.2. The lowest BCUT2D eigenvalue weighted by atomic mass is 10.2. The van der Waals surface area contributed by atoms with Crippen molar-refractivity contribution >= 4 is 5.78 Å². The van der Waals surface area contributed by atoms with Crippen molar-refractivity contribution in [3.05, 3.63) is 23.5 Å². The molecule has 64 valence electrons. The minimum Gasteiger partial charge on any atom is -0.339 e. The van der Waals surface area contributed by atoms with Gasteiger partial charge in [0.15, 0.2) is 5.78 Å². The highest BCUT2D eigenvalue weighted by Gasteiger charge is 2.21. The molecule has 2 rings (SSSR count). The smallest absolute Gasteiger partial charge is 0.176 e. The first kappa shape index (κ1) is 7.59. The van der Waals surface area contributed by atoms with Crippen LogP contribution in [0.2, 0.25) is 0 Å². The van der Waals surface area contributed by atoms with Gasteiger partial charge in [-0.05, 0) is 31.9 Å². The van der Waals surface area contributed by atoms with Crippen LogP contribution in [0.15, 0.2) is 12.1 Å². The molecule has 0 saturated heterocycles. The van der Waals surface area contributed by atoms with E-state index in [0.717, 1.165) is 12.1 Å². The summed E-state index contributed by atoms with van der Waals surface area (Å²) >= 11 is 0. The van der Waals surface area contributed by atoms with Gasteiger partial charge in [0.25, 0.3) is 0 Å². The molecule has 0 bridgehead atoms. The molecule has 1 aliphatic rings. The second-order valence-electron chi connectivity index (χ2n) is 3.52. The fourth-order valence-corrected chi connectivity index (χ4v) is 1.99. The van der Waals surface area contributed by atoms with Gasteiger partial charge < -0.3 is 4.57 Å². The normalized spacial score (nSPS) is 21.0. The van der Waals surface area contributed by atoms with E-state index in [1.165, 1.54) is 12.1 Å². The van der Waals surface area contributed by atoms with Crippen LogP contribution in [-0.2, 0) is 6.42 Å². The van der Waals surface area contributed by atoms with Crippen LogP contribution in [-0.4, -0.2) is 10.4 Å². The fourth-order valence-electron chi connectivity index (χ4n) is 1.99. The van der Waals surface area contributed by atoms with Crippen LogP contribution < -0.4 is 0 Å². The van der Waals surface area contributed by atoms with Crippen LogP contribution in [0.5, 0.6) is 0 Å². The van der Waals surface area contributed by atoms with E-state index in [0.29, 0.717) is 6.04 Å². The Labute approximate surface area is 72.2 Å². The second kappa shape index (κ2) is 2.47. The van der Waals surface area contributed by atoms with Gasteiger partial charge in [-0.3, -0.25) is 4.79 Å². The molecular weight excluding hydrogens is 150 g/mol. The van der Waals surface area contributed by atoms with Gasteiger partial charge in [0.05, 0.1) is 5.69 Å². The first-order valence-corrected chi connectivity index (χ1v) is 4.41. The van der Waals surface area contributed by atoms with Crippen molar-refractivity contribution in [3.8, 4) is 0 Å². The number of hydrogen-bond acceptors (Lipinski definition) is 1. The number of carbonyl (C=O) groups excluding carboxylic acids is 1. The molecule has 0 radical (unpaired) electrons. The Hall–Kier alpha value is -1.05. The Bertz CT molecular complexity index is 325. The zero-order valence-corrected chi connectivity index (χ0v) is 7.50. The number of fused-ring (bicyclic) bond motifs is 1. The minimum atomic E-state index is 0.176. The Balaban J connectivity index is 2.53. The third-order valence-corrected chi connectivity index (χ3v) is 2.62. The van der Waals surface area contributed by atoms with Gasteiger partial charge in [-0.1, -0.05) is 0 Å². The molecule has 0 aromatic carbocycles. The van der Waals surface area contributed by atoms with Gasteiger partial charge >= 0.3 is 0 Å². The van der Waals surface area contributed by atoms with E-state index in [9.17, 15) is 4.79 Å². The molecule has 1 atom stereocenters. The SMILES string of the molecule is CC(=O)c1ccc2n1C(C)CC2. The summed E-state index contributed by atoms with van der Waals surface area (Å²) in [6.07, 6.45) is 2.30. The van der Waals surface area contributed by atoms with Gasteiger partial charge in [-0.2, -0.15) is 0 Å². The van der Waals surface area contributed by atoms with Crippen molar-refractivity contribution in [2.75, 3.05) is 0 Å². The Morgan fingerprint density at radius 1 is 1.58 bits per heavy atom. The topological polar surface area (TPSA) is 22.0 Å². The molecule has 2 nitrogen and oxygen atoms in total. The quantitative estimate of drug-likeness (QED) is 0.582. The second-order valence-corrected chi connectivity index (χ2v) is 3.52. The molecule has 12 heavy (non-hydrogen) atoms. The highest BCUT2D eigenvalue weighted by atomic mass is 16.1. The van der Waals surface area contributed by atoms with E-state index in [2.05, 4.69) is 17.6 Å². The van der Waals surface area contributed by atoms with E-state index < -0.39 is 0 Å². The van der Waals surface area contributed by atoms with E-state index in [1.807, 2.05) is 6.07 Å². The maximum absolute atomic E-state index is 11.2. The number of rotatable bonds is 1. The molecule has 1 unspecified atom stereocenters. The monoisotopic (exact) mass is 163 g/mol. The third kappa shape index (κ3) is 0.909. The molecule has 0 saturated carbocycles. The lowest BCUT2D eigenvalue weighted by molar-refractivity contribution is 0.100. The van der Waals surface area contributed by atoms with Gasteiger partial charge in [0, 0.05) is 18.7 Å². The summed E-state index contributed by atoms with van der Waals surface area (Å²) in [6.45, 7) is 3.80. The summed E-state index contributed by atoms with van der Waals surface area (Å²) in [6, 6.07) is 4.52. The van der Waals surface area contributed by atoms with Crippen molar-refractivity contribution in [2.24, 2.45) is 0 Å². The molecule has 0 fully saturated rings. The van der Waals surface area contributed by atoms with E-state index in [1.54, 1.807) is 6.92 Å². The summed E-state index contributed by atoms with van der Waals surface area (Å²) in [5.74, 6) is 0.176. The molecule has 1 aromatic heterocycles. The molecule has 2 heteroatoms. The first-order valence-electron chi connectivity index (χ1n) is 4.41. The first-order chi connectivity index (χ1) is 5.70. The highest BCUT2D eigenvalue weighted by Crippen LogP contribution is 2.28. The molecule has 0 N–H and O–H groups in total. The van der Waals surface area contributed by atoms with Crippen molar-refractivity contribution < 1.29 is 4.79 Å². The summed E-state index contributed by atoms with van der Waals surface area (Å²) in [7, 11) is 0. The predicted molar refractivity (Wildman–Crippen MR) is 47.5 cm³/mol. The number of Topliss-reactive ketones (excluding diaryl/α,β-unsaturated/α-hetero) is 1. The summed E-state index contributed by atoms with van der Waals surface area (Å²) in [5.41, 5.74) is 2.18. The Morgan fingerprint density at radius 3 is 3.00 bits per heavy atom. The van der Waals surface area contributed by atoms with Gasteiger partial charge in [0.1, 0.15) is 0 Å². The molecule has 1 aromatic rings. The van der Waals surface area contributed by atoms with Gasteiger partial charge in [0.2, 0.25) is 0 Å². The number of nitrogens with zero attached hydrogens (tertiary/aromatic N) is 1. The van der Waals surface area contributed by atoms with E-state index in [-0.39, 0.29) is 5.78 Å². The van der Waals surface area contributed by atoms with Crippen molar-refractivity contribution in [1.82, 2.24) is 4.57 Å².